The molecule has 0 spiro atoms. The summed E-state index contributed by atoms with van der Waals surface area (Å²) in [4.78, 5) is 23.5. The van der Waals surface area contributed by atoms with Gasteiger partial charge in [-0.05, 0) is 25.5 Å². The monoisotopic (exact) mass is 296 g/mol. The second-order valence-electron chi connectivity index (χ2n) is 4.76. The van der Waals surface area contributed by atoms with Crippen molar-refractivity contribution in [3.63, 3.8) is 0 Å². The minimum Gasteiger partial charge on any atom is -0.408 e. The number of hydrogen-bond acceptors (Lipinski definition) is 3. The van der Waals surface area contributed by atoms with Crippen molar-refractivity contribution in [1.82, 2.24) is 9.88 Å². The minimum absolute atomic E-state index is 0.0745. The number of aromatic nitrogens is 1. The molecule has 1 aromatic heterocycles. The Morgan fingerprint density at radius 3 is 2.95 bits per heavy atom. The number of rotatable bonds is 5. The zero-order valence-corrected chi connectivity index (χ0v) is 12.2. The first-order valence-electron chi connectivity index (χ1n) is 6.59. The van der Waals surface area contributed by atoms with Crippen LogP contribution in [0.1, 0.15) is 26.7 Å². The molecule has 0 aliphatic rings. The number of carbonyl (C=O) groups excluding carboxylic acids is 1. The standard InChI is InChI=1S/C14H17ClN2O3/c1-3-9(2)16-13(18)6-7-17-11-5-4-10(15)8-12(11)20-14(17)19/h4-5,8-9H,3,6-7H2,1-2H3,(H,16,18). The molecule has 1 N–H and O–H groups in total. The van der Waals surface area contributed by atoms with E-state index in [9.17, 15) is 9.59 Å². The van der Waals surface area contributed by atoms with Crippen molar-refractivity contribution in [2.45, 2.75) is 39.3 Å². The lowest BCUT2D eigenvalue weighted by Crippen LogP contribution is -2.33. The number of nitrogens with one attached hydrogen (secondary N) is 1. The van der Waals surface area contributed by atoms with Gasteiger partial charge < -0.3 is 9.73 Å². The third-order valence-corrected chi connectivity index (χ3v) is 3.45. The van der Waals surface area contributed by atoms with E-state index in [4.69, 9.17) is 16.0 Å². The van der Waals surface area contributed by atoms with Crippen LogP contribution in [0.4, 0.5) is 0 Å². The van der Waals surface area contributed by atoms with Gasteiger partial charge in [0, 0.05) is 30.1 Å². The topological polar surface area (TPSA) is 64.2 Å². The van der Waals surface area contributed by atoms with Crippen molar-refractivity contribution in [2.75, 3.05) is 0 Å². The Balaban J connectivity index is 2.12. The van der Waals surface area contributed by atoms with Gasteiger partial charge in [0.05, 0.1) is 5.52 Å². The molecule has 1 aromatic carbocycles. The Bertz CT molecular complexity index is 675. The highest BCUT2D eigenvalue weighted by atomic mass is 35.5. The van der Waals surface area contributed by atoms with Gasteiger partial charge in [0.25, 0.3) is 0 Å². The molecule has 20 heavy (non-hydrogen) atoms. The van der Waals surface area contributed by atoms with Crippen LogP contribution in [0.15, 0.2) is 27.4 Å². The highest BCUT2D eigenvalue weighted by Crippen LogP contribution is 2.18. The van der Waals surface area contributed by atoms with Crippen LogP contribution in [0.3, 0.4) is 0 Å². The summed E-state index contributed by atoms with van der Waals surface area (Å²) in [6.07, 6.45) is 1.11. The van der Waals surface area contributed by atoms with Crippen molar-refractivity contribution in [2.24, 2.45) is 0 Å². The Morgan fingerprint density at radius 1 is 1.50 bits per heavy atom. The largest absolute Gasteiger partial charge is 0.419 e. The zero-order valence-electron chi connectivity index (χ0n) is 11.5. The third kappa shape index (κ3) is 3.22. The number of halogens is 1. The Kier molecular flexibility index (Phi) is 4.49. The molecular formula is C14H17ClN2O3. The second kappa shape index (κ2) is 6.13. The van der Waals surface area contributed by atoms with E-state index >= 15 is 0 Å². The van der Waals surface area contributed by atoms with E-state index in [1.807, 2.05) is 13.8 Å². The molecule has 1 unspecified atom stereocenters. The number of fused-ring (bicyclic) bond motifs is 1. The van der Waals surface area contributed by atoms with E-state index < -0.39 is 5.76 Å². The van der Waals surface area contributed by atoms with E-state index in [0.717, 1.165) is 6.42 Å². The first-order chi connectivity index (χ1) is 9.51. The van der Waals surface area contributed by atoms with Gasteiger partial charge in [0.15, 0.2) is 5.58 Å². The Labute approximate surface area is 121 Å². The first kappa shape index (κ1) is 14.7. The molecule has 0 aliphatic heterocycles. The van der Waals surface area contributed by atoms with Crippen LogP contribution in [0.5, 0.6) is 0 Å². The molecule has 0 saturated heterocycles. The van der Waals surface area contributed by atoms with Crippen molar-refractivity contribution in [1.29, 1.82) is 0 Å². The van der Waals surface area contributed by atoms with Gasteiger partial charge in [-0.3, -0.25) is 9.36 Å². The molecule has 0 aliphatic carbocycles. The van der Waals surface area contributed by atoms with Crippen molar-refractivity contribution >= 4 is 28.6 Å². The van der Waals surface area contributed by atoms with Crippen LogP contribution in [-0.4, -0.2) is 16.5 Å². The normalized spacial score (nSPS) is 12.6. The molecule has 0 radical (unpaired) electrons. The van der Waals surface area contributed by atoms with Crippen molar-refractivity contribution in [3.05, 3.63) is 33.8 Å². The fourth-order valence-electron chi connectivity index (χ4n) is 1.91. The predicted molar refractivity (Wildman–Crippen MR) is 78.0 cm³/mol. The summed E-state index contributed by atoms with van der Waals surface area (Å²) in [5, 5.41) is 3.37. The smallest absolute Gasteiger partial charge is 0.408 e. The average molecular weight is 297 g/mol. The molecule has 0 bridgehead atoms. The zero-order chi connectivity index (χ0) is 14.7. The Morgan fingerprint density at radius 2 is 2.25 bits per heavy atom. The average Bonchev–Trinajstić information content (AvgIpc) is 2.70. The Hall–Kier alpha value is -1.75. The van der Waals surface area contributed by atoms with E-state index in [1.165, 1.54) is 4.57 Å². The van der Waals surface area contributed by atoms with Crippen LogP contribution in [0.25, 0.3) is 11.1 Å². The summed E-state index contributed by atoms with van der Waals surface area (Å²) in [6, 6.07) is 5.14. The third-order valence-electron chi connectivity index (χ3n) is 3.21. The number of benzene rings is 1. The highest BCUT2D eigenvalue weighted by Gasteiger charge is 2.12. The minimum atomic E-state index is -0.474. The maximum Gasteiger partial charge on any atom is 0.419 e. The lowest BCUT2D eigenvalue weighted by Gasteiger charge is -2.11. The van der Waals surface area contributed by atoms with Crippen LogP contribution in [0.2, 0.25) is 5.02 Å². The molecule has 108 valence electrons. The number of hydrogen-bond donors (Lipinski definition) is 1. The van der Waals surface area contributed by atoms with Crippen LogP contribution in [-0.2, 0) is 11.3 Å². The summed E-state index contributed by atoms with van der Waals surface area (Å²) in [7, 11) is 0. The van der Waals surface area contributed by atoms with Gasteiger partial charge in [-0.1, -0.05) is 18.5 Å². The fraction of sp³-hybridized carbons (Fsp3) is 0.429. The molecule has 1 amide bonds. The number of carbonyl (C=O) groups is 1. The van der Waals surface area contributed by atoms with E-state index in [-0.39, 0.29) is 24.9 Å². The highest BCUT2D eigenvalue weighted by molar-refractivity contribution is 6.31. The van der Waals surface area contributed by atoms with Crippen LogP contribution < -0.4 is 11.1 Å². The van der Waals surface area contributed by atoms with E-state index in [2.05, 4.69) is 5.32 Å². The molecule has 0 fully saturated rings. The molecule has 1 atom stereocenters. The molecule has 2 rings (SSSR count). The van der Waals surface area contributed by atoms with Gasteiger partial charge in [-0.25, -0.2) is 4.79 Å². The second-order valence-corrected chi connectivity index (χ2v) is 5.19. The maximum absolute atomic E-state index is 11.8. The number of aryl methyl sites for hydroxylation is 1. The molecule has 1 heterocycles. The van der Waals surface area contributed by atoms with Gasteiger partial charge in [-0.15, -0.1) is 0 Å². The summed E-state index contributed by atoms with van der Waals surface area (Å²) in [5.41, 5.74) is 1.08. The number of amides is 1. The molecule has 5 nitrogen and oxygen atoms in total. The van der Waals surface area contributed by atoms with Crippen LogP contribution in [0, 0.1) is 0 Å². The van der Waals surface area contributed by atoms with Gasteiger partial charge in [0.2, 0.25) is 5.91 Å². The lowest BCUT2D eigenvalue weighted by atomic mass is 10.2. The number of oxazole rings is 1. The van der Waals surface area contributed by atoms with Crippen molar-refractivity contribution < 1.29 is 9.21 Å². The molecule has 6 heteroatoms. The maximum atomic E-state index is 11.8. The van der Waals surface area contributed by atoms with Gasteiger partial charge in [0.1, 0.15) is 0 Å². The summed E-state index contributed by atoms with van der Waals surface area (Å²) < 4.78 is 6.55. The molecule has 0 saturated carbocycles. The SMILES string of the molecule is CCC(C)NC(=O)CCn1c(=O)oc2cc(Cl)ccc21. The van der Waals surface area contributed by atoms with E-state index in [1.54, 1.807) is 18.2 Å². The summed E-state index contributed by atoms with van der Waals surface area (Å²) in [5.74, 6) is -0.548. The molecular weight excluding hydrogens is 280 g/mol. The first-order valence-corrected chi connectivity index (χ1v) is 6.97. The quantitative estimate of drug-likeness (QED) is 0.922. The van der Waals surface area contributed by atoms with Crippen LogP contribution >= 0.6 is 11.6 Å². The van der Waals surface area contributed by atoms with Crippen molar-refractivity contribution in [3.8, 4) is 0 Å². The predicted octanol–water partition coefficient (Wildman–Crippen LogP) is 2.55. The number of nitrogens with zero attached hydrogens (tertiary/aromatic N) is 1. The lowest BCUT2D eigenvalue weighted by molar-refractivity contribution is -0.121. The summed E-state index contributed by atoms with van der Waals surface area (Å²) in [6.45, 7) is 4.23. The fourth-order valence-corrected chi connectivity index (χ4v) is 2.08. The van der Waals surface area contributed by atoms with E-state index in [0.29, 0.717) is 16.1 Å². The van der Waals surface area contributed by atoms with Gasteiger partial charge >= 0.3 is 5.76 Å². The van der Waals surface area contributed by atoms with Gasteiger partial charge in [-0.2, -0.15) is 0 Å². The molecule has 2 aromatic rings. The summed E-state index contributed by atoms with van der Waals surface area (Å²) >= 11 is 5.85.